The van der Waals surface area contributed by atoms with Crippen molar-refractivity contribution in [1.82, 2.24) is 18.9 Å². The molecule has 1 unspecified atom stereocenters. The second-order valence-corrected chi connectivity index (χ2v) is 7.75. The molecule has 2 heterocycles. The van der Waals surface area contributed by atoms with Crippen molar-refractivity contribution in [2.24, 2.45) is 20.0 Å². The van der Waals surface area contributed by atoms with Crippen molar-refractivity contribution >= 4 is 5.97 Å². The predicted octanol–water partition coefficient (Wildman–Crippen LogP) is 1.17. The van der Waals surface area contributed by atoms with Gasteiger partial charge in [-0.25, -0.2) is 9.18 Å². The quantitative estimate of drug-likeness (QED) is 0.511. The van der Waals surface area contributed by atoms with E-state index in [0.717, 1.165) is 10.1 Å². The van der Waals surface area contributed by atoms with Gasteiger partial charge in [-0.3, -0.25) is 18.8 Å². The molecule has 0 bridgehead atoms. The Morgan fingerprint density at radius 1 is 1.16 bits per heavy atom. The summed E-state index contributed by atoms with van der Waals surface area (Å²) < 4.78 is 18.3. The second kappa shape index (κ2) is 9.73. The largest absolute Gasteiger partial charge is 0.481 e. The van der Waals surface area contributed by atoms with Crippen LogP contribution in [-0.4, -0.2) is 41.2 Å². The highest BCUT2D eigenvalue weighted by molar-refractivity contribution is 5.70. The molecule has 9 nitrogen and oxygen atoms in total. The summed E-state index contributed by atoms with van der Waals surface area (Å²) in [6.45, 7) is -0.144. The highest BCUT2D eigenvalue weighted by Crippen LogP contribution is 2.23. The minimum atomic E-state index is -1.27. The number of aromatic nitrogens is 4. The third kappa shape index (κ3) is 5.20. The van der Waals surface area contributed by atoms with Crippen LogP contribution in [0.4, 0.5) is 4.39 Å². The number of rotatable bonds is 9. The van der Waals surface area contributed by atoms with E-state index in [1.807, 2.05) is 0 Å². The Morgan fingerprint density at radius 2 is 1.91 bits per heavy atom. The number of carboxylic acid groups (broad SMARTS) is 1. The fourth-order valence-corrected chi connectivity index (χ4v) is 3.57. The number of carboxylic acids is 1. The average molecular weight is 444 g/mol. The van der Waals surface area contributed by atoms with Gasteiger partial charge in [0.05, 0.1) is 18.2 Å². The summed E-state index contributed by atoms with van der Waals surface area (Å²) in [6.07, 6.45) is 3.49. The van der Waals surface area contributed by atoms with Crippen molar-refractivity contribution in [3.63, 3.8) is 0 Å². The molecular formula is C22H25FN4O5. The number of aryl methyl sites for hydroxylation is 3. The summed E-state index contributed by atoms with van der Waals surface area (Å²) in [5.41, 5.74) is 0.688. The van der Waals surface area contributed by atoms with E-state index in [9.17, 15) is 29.0 Å². The lowest BCUT2D eigenvalue weighted by molar-refractivity contribution is -0.146. The molecule has 2 aromatic heterocycles. The number of aliphatic carboxylic acids is 1. The SMILES string of the molecule is Cn1cc(-c2ccc(CC[C@@H](O)C(CCn3c(=O)ccn(C)c3=O)C(=O)O)c(F)c2)cn1. The Labute approximate surface area is 183 Å². The van der Waals surface area contributed by atoms with Crippen LogP contribution in [0.5, 0.6) is 0 Å². The van der Waals surface area contributed by atoms with Gasteiger partial charge in [0.1, 0.15) is 5.82 Å². The van der Waals surface area contributed by atoms with Crippen LogP contribution in [0.2, 0.25) is 0 Å². The number of carbonyl (C=O) groups is 1. The molecule has 2 N–H and O–H groups in total. The zero-order chi connectivity index (χ0) is 23.4. The summed E-state index contributed by atoms with van der Waals surface area (Å²) in [5.74, 6) is -2.90. The molecule has 0 amide bonds. The van der Waals surface area contributed by atoms with E-state index in [4.69, 9.17) is 0 Å². The molecular weight excluding hydrogens is 419 g/mol. The highest BCUT2D eigenvalue weighted by Gasteiger charge is 2.27. The van der Waals surface area contributed by atoms with Gasteiger partial charge in [-0.15, -0.1) is 0 Å². The van der Waals surface area contributed by atoms with E-state index >= 15 is 0 Å². The number of hydrogen-bond acceptors (Lipinski definition) is 5. The average Bonchev–Trinajstić information content (AvgIpc) is 3.18. The summed E-state index contributed by atoms with van der Waals surface area (Å²) in [6, 6.07) is 5.94. The van der Waals surface area contributed by atoms with Crippen molar-refractivity contribution < 1.29 is 19.4 Å². The Hall–Kier alpha value is -3.53. The maximum atomic E-state index is 14.5. The van der Waals surface area contributed by atoms with E-state index in [1.54, 1.807) is 36.3 Å². The van der Waals surface area contributed by atoms with E-state index in [0.29, 0.717) is 11.1 Å². The molecule has 170 valence electrons. The number of halogens is 1. The number of benzene rings is 1. The number of aliphatic hydroxyl groups excluding tert-OH is 1. The fraction of sp³-hybridized carbons (Fsp3) is 0.364. The third-order valence-electron chi connectivity index (χ3n) is 5.49. The fourth-order valence-electron chi connectivity index (χ4n) is 3.57. The lowest BCUT2D eigenvalue weighted by atomic mass is 9.93. The van der Waals surface area contributed by atoms with Crippen molar-refractivity contribution in [2.75, 3.05) is 0 Å². The molecule has 0 saturated carbocycles. The zero-order valence-electron chi connectivity index (χ0n) is 17.8. The van der Waals surface area contributed by atoms with Gasteiger partial charge in [-0.2, -0.15) is 5.10 Å². The van der Waals surface area contributed by atoms with Crippen LogP contribution >= 0.6 is 0 Å². The van der Waals surface area contributed by atoms with Crippen LogP contribution < -0.4 is 11.2 Å². The van der Waals surface area contributed by atoms with Crippen molar-refractivity contribution in [3.05, 3.63) is 75.1 Å². The first-order valence-corrected chi connectivity index (χ1v) is 10.1. The lowest BCUT2D eigenvalue weighted by Crippen LogP contribution is -2.39. The number of nitrogens with zero attached hydrogens (tertiary/aromatic N) is 4. The van der Waals surface area contributed by atoms with E-state index in [2.05, 4.69) is 5.10 Å². The minimum Gasteiger partial charge on any atom is -0.481 e. The number of hydrogen-bond donors (Lipinski definition) is 2. The Bertz CT molecular complexity index is 1230. The molecule has 3 aromatic rings. The molecule has 0 aliphatic heterocycles. The van der Waals surface area contributed by atoms with Crippen LogP contribution in [0.3, 0.4) is 0 Å². The Balaban J connectivity index is 1.66. The molecule has 32 heavy (non-hydrogen) atoms. The van der Waals surface area contributed by atoms with Gasteiger partial charge in [0.2, 0.25) is 0 Å². The van der Waals surface area contributed by atoms with Gasteiger partial charge in [-0.1, -0.05) is 12.1 Å². The monoisotopic (exact) mass is 444 g/mol. The van der Waals surface area contributed by atoms with Gasteiger partial charge < -0.3 is 14.8 Å². The molecule has 0 saturated heterocycles. The molecule has 3 rings (SSSR count). The van der Waals surface area contributed by atoms with Crippen LogP contribution in [0, 0.1) is 11.7 Å². The summed E-state index contributed by atoms with van der Waals surface area (Å²) in [5, 5.41) is 24.0. The third-order valence-corrected chi connectivity index (χ3v) is 5.49. The van der Waals surface area contributed by atoms with E-state index in [-0.39, 0.29) is 25.8 Å². The highest BCUT2D eigenvalue weighted by atomic mass is 19.1. The first kappa shape index (κ1) is 23.1. The second-order valence-electron chi connectivity index (χ2n) is 7.75. The predicted molar refractivity (Wildman–Crippen MR) is 115 cm³/mol. The van der Waals surface area contributed by atoms with E-state index < -0.39 is 35.1 Å². The van der Waals surface area contributed by atoms with Gasteiger partial charge in [0.25, 0.3) is 5.56 Å². The van der Waals surface area contributed by atoms with Crippen LogP contribution in [0.25, 0.3) is 11.1 Å². The first-order valence-electron chi connectivity index (χ1n) is 10.1. The van der Waals surface area contributed by atoms with Crippen molar-refractivity contribution in [1.29, 1.82) is 0 Å². The standard InChI is InChI=1S/C22H25FN4O5/c1-25-9-8-20(29)27(22(25)32)10-7-17(21(30)31)19(28)6-5-14-3-4-15(11-18(14)23)16-12-24-26(2)13-16/h3-4,8-9,11-13,17,19,28H,5-7,10H2,1-2H3,(H,30,31)/t17?,19-/m1/s1. The van der Waals surface area contributed by atoms with Crippen LogP contribution in [0.15, 0.2) is 52.4 Å². The van der Waals surface area contributed by atoms with Gasteiger partial charge in [0.15, 0.2) is 0 Å². The Morgan fingerprint density at radius 3 is 2.53 bits per heavy atom. The topological polar surface area (TPSA) is 119 Å². The maximum Gasteiger partial charge on any atom is 0.330 e. The summed E-state index contributed by atoms with van der Waals surface area (Å²) >= 11 is 0. The molecule has 0 fully saturated rings. The smallest absolute Gasteiger partial charge is 0.330 e. The van der Waals surface area contributed by atoms with Crippen LogP contribution in [0.1, 0.15) is 18.4 Å². The molecule has 1 aromatic carbocycles. The molecule has 0 spiro atoms. The van der Waals surface area contributed by atoms with Crippen LogP contribution in [-0.2, 0) is 31.9 Å². The minimum absolute atomic E-state index is 0.0157. The number of aliphatic hydroxyl groups is 1. The summed E-state index contributed by atoms with van der Waals surface area (Å²) in [7, 11) is 3.25. The van der Waals surface area contributed by atoms with Crippen molar-refractivity contribution in [3.8, 4) is 11.1 Å². The molecule has 0 radical (unpaired) electrons. The molecule has 10 heteroatoms. The maximum absolute atomic E-state index is 14.5. The van der Waals surface area contributed by atoms with Gasteiger partial charge in [0, 0.05) is 44.7 Å². The first-order chi connectivity index (χ1) is 15.2. The molecule has 2 atom stereocenters. The lowest BCUT2D eigenvalue weighted by Gasteiger charge is -2.19. The summed E-state index contributed by atoms with van der Waals surface area (Å²) in [4.78, 5) is 35.7. The van der Waals surface area contributed by atoms with Gasteiger partial charge >= 0.3 is 11.7 Å². The van der Waals surface area contributed by atoms with Gasteiger partial charge in [-0.05, 0) is 36.5 Å². The van der Waals surface area contributed by atoms with E-state index in [1.165, 1.54) is 29.9 Å². The Kier molecular flexibility index (Phi) is 7.04. The zero-order valence-corrected chi connectivity index (χ0v) is 17.8. The normalized spacial score (nSPS) is 13.1. The molecule has 0 aliphatic carbocycles. The molecule has 0 aliphatic rings. The van der Waals surface area contributed by atoms with Crippen molar-refractivity contribution in [2.45, 2.75) is 31.9 Å².